The van der Waals surface area contributed by atoms with Gasteiger partial charge < -0.3 is 10.0 Å². The molecule has 1 N–H and O–H groups in total. The summed E-state index contributed by atoms with van der Waals surface area (Å²) in [6, 6.07) is 21.3. The van der Waals surface area contributed by atoms with Crippen LogP contribution in [0.25, 0.3) is 16.2 Å². The van der Waals surface area contributed by atoms with Crippen molar-refractivity contribution in [1.82, 2.24) is 0 Å². The molecule has 0 bridgehead atoms. The van der Waals surface area contributed by atoms with Crippen LogP contribution in [0.5, 0.6) is 0 Å². The van der Waals surface area contributed by atoms with Crippen LogP contribution in [0.4, 0.5) is 17.1 Å². The number of azo groups is 1. The molecule has 0 saturated carbocycles. The highest BCUT2D eigenvalue weighted by Gasteiger charge is 2.16. The van der Waals surface area contributed by atoms with E-state index in [4.69, 9.17) is 5.11 Å². The van der Waals surface area contributed by atoms with Gasteiger partial charge in [0.05, 0.1) is 22.0 Å². The van der Waals surface area contributed by atoms with E-state index in [1.54, 1.807) is 18.2 Å². The van der Waals surface area contributed by atoms with E-state index < -0.39 is 15.8 Å². The van der Waals surface area contributed by atoms with Crippen LogP contribution in [0, 0.1) is 0 Å². The van der Waals surface area contributed by atoms with E-state index in [9.17, 15) is 13.2 Å². The summed E-state index contributed by atoms with van der Waals surface area (Å²) in [6.07, 6.45) is 2.61. The molecule has 9 heteroatoms. The number of fused-ring (bicyclic) bond motifs is 1. The van der Waals surface area contributed by atoms with Crippen molar-refractivity contribution in [3.05, 3.63) is 89.3 Å². The molecule has 0 saturated heterocycles. The van der Waals surface area contributed by atoms with E-state index in [-0.39, 0.29) is 10.6 Å². The van der Waals surface area contributed by atoms with Gasteiger partial charge in [0.15, 0.2) is 9.84 Å². The summed E-state index contributed by atoms with van der Waals surface area (Å²) in [6.45, 7) is 0. The molecule has 0 spiro atoms. The van der Waals surface area contributed by atoms with Crippen LogP contribution in [-0.2, 0) is 20.4 Å². The molecule has 1 heterocycles. The van der Waals surface area contributed by atoms with Crippen molar-refractivity contribution in [1.29, 1.82) is 0 Å². The van der Waals surface area contributed by atoms with Crippen molar-refractivity contribution in [2.24, 2.45) is 10.2 Å². The van der Waals surface area contributed by atoms with Crippen LogP contribution in [0.15, 0.2) is 94.0 Å². The third kappa shape index (κ3) is 6.20. The van der Waals surface area contributed by atoms with Gasteiger partial charge in [-0.3, -0.25) is 0 Å². The molecular formula is C26H23N3O4S2. The van der Waals surface area contributed by atoms with Crippen molar-refractivity contribution in [2.75, 3.05) is 19.0 Å². The van der Waals surface area contributed by atoms with E-state index in [0.717, 1.165) is 26.7 Å². The van der Waals surface area contributed by atoms with E-state index in [0.29, 0.717) is 16.9 Å². The van der Waals surface area contributed by atoms with Gasteiger partial charge in [-0.05, 0) is 83.8 Å². The summed E-state index contributed by atoms with van der Waals surface area (Å²) in [7, 11) is 0.368. The zero-order valence-electron chi connectivity index (χ0n) is 19.1. The lowest BCUT2D eigenvalue weighted by Crippen LogP contribution is -2.07. The number of hydrogen-bond donors (Lipinski definition) is 1. The molecule has 0 unspecified atom stereocenters. The zero-order valence-corrected chi connectivity index (χ0v) is 20.8. The average molecular weight is 506 g/mol. The van der Waals surface area contributed by atoms with E-state index in [1.807, 2.05) is 61.5 Å². The fourth-order valence-corrected chi connectivity index (χ4v) is 5.68. The SMILES string of the molecule is CN(C)c1ccc(N=Nc2ccc(S(=O)(=O)Cc3ccc4sc(/C=C/C(=O)O)cc4c3)cc2)cc1. The van der Waals surface area contributed by atoms with Gasteiger partial charge >= 0.3 is 5.97 Å². The fourth-order valence-electron chi connectivity index (χ4n) is 3.39. The molecule has 178 valence electrons. The first-order valence-corrected chi connectivity index (χ1v) is 13.1. The third-order valence-electron chi connectivity index (χ3n) is 5.19. The quantitative estimate of drug-likeness (QED) is 0.219. The number of anilines is 1. The third-order valence-corrected chi connectivity index (χ3v) is 7.97. The number of nitrogens with zero attached hydrogens (tertiary/aromatic N) is 3. The Kier molecular flexibility index (Phi) is 7.09. The van der Waals surface area contributed by atoms with Crippen molar-refractivity contribution in [2.45, 2.75) is 10.6 Å². The Morgan fingerprint density at radius 1 is 0.943 bits per heavy atom. The number of rotatable bonds is 8. The molecule has 0 aliphatic rings. The summed E-state index contributed by atoms with van der Waals surface area (Å²) < 4.78 is 26.9. The Morgan fingerprint density at radius 3 is 2.17 bits per heavy atom. The van der Waals surface area contributed by atoms with E-state index in [2.05, 4.69) is 10.2 Å². The highest BCUT2D eigenvalue weighted by atomic mass is 32.2. The highest BCUT2D eigenvalue weighted by molar-refractivity contribution is 7.90. The normalized spacial score (nSPS) is 12.1. The molecule has 3 aromatic carbocycles. The van der Waals surface area contributed by atoms with Crippen LogP contribution >= 0.6 is 11.3 Å². The average Bonchev–Trinajstić information content (AvgIpc) is 3.24. The Balaban J connectivity index is 1.46. The summed E-state index contributed by atoms with van der Waals surface area (Å²) in [5, 5.41) is 18.1. The summed E-state index contributed by atoms with van der Waals surface area (Å²) >= 11 is 1.45. The molecule has 1 aromatic heterocycles. The van der Waals surface area contributed by atoms with Gasteiger partial charge in [0.2, 0.25) is 0 Å². The Hall–Kier alpha value is -3.82. The van der Waals surface area contributed by atoms with Crippen LogP contribution in [-0.4, -0.2) is 33.6 Å². The molecule has 0 atom stereocenters. The van der Waals surface area contributed by atoms with Crippen molar-refractivity contribution >= 4 is 60.4 Å². The first-order chi connectivity index (χ1) is 16.7. The Labute approximate surface area is 207 Å². The minimum Gasteiger partial charge on any atom is -0.478 e. The summed E-state index contributed by atoms with van der Waals surface area (Å²) in [5.41, 5.74) is 2.99. The van der Waals surface area contributed by atoms with Gasteiger partial charge in [0, 0.05) is 35.4 Å². The maximum atomic E-state index is 13.0. The lowest BCUT2D eigenvalue weighted by molar-refractivity contribution is -0.131. The lowest BCUT2D eigenvalue weighted by Gasteiger charge is -2.11. The van der Waals surface area contributed by atoms with E-state index >= 15 is 0 Å². The molecule has 4 aromatic rings. The van der Waals surface area contributed by atoms with Gasteiger partial charge in [-0.15, -0.1) is 11.3 Å². The first kappa shape index (κ1) is 24.3. The monoisotopic (exact) mass is 505 g/mol. The molecule has 0 fully saturated rings. The van der Waals surface area contributed by atoms with Crippen LogP contribution < -0.4 is 4.90 Å². The molecule has 0 radical (unpaired) electrons. The van der Waals surface area contributed by atoms with Gasteiger partial charge in [0.1, 0.15) is 0 Å². The van der Waals surface area contributed by atoms with Gasteiger partial charge in [-0.2, -0.15) is 10.2 Å². The molecule has 0 amide bonds. The second-order valence-corrected chi connectivity index (χ2v) is 11.2. The van der Waals surface area contributed by atoms with Crippen molar-refractivity contribution < 1.29 is 18.3 Å². The number of benzene rings is 3. The fraction of sp³-hybridized carbons (Fsp3) is 0.115. The standard InChI is InChI=1S/C26H23N3O4S2/c1-29(2)22-8-4-20(5-9-22)27-28-21-6-11-24(12-7-21)35(32,33)17-18-3-13-25-19(15-18)16-23(34-25)10-14-26(30)31/h3-16H,17H2,1-2H3,(H,30,31)/b14-10+,28-27?. The zero-order chi connectivity index (χ0) is 25.0. The maximum absolute atomic E-state index is 13.0. The largest absolute Gasteiger partial charge is 0.478 e. The minimum absolute atomic E-state index is 0.141. The number of carboxylic acids is 1. The smallest absolute Gasteiger partial charge is 0.328 e. The number of aliphatic carboxylic acids is 1. The van der Waals surface area contributed by atoms with Crippen LogP contribution in [0.2, 0.25) is 0 Å². The molecule has 35 heavy (non-hydrogen) atoms. The van der Waals surface area contributed by atoms with Gasteiger partial charge in [0.25, 0.3) is 0 Å². The Morgan fingerprint density at radius 2 is 1.57 bits per heavy atom. The van der Waals surface area contributed by atoms with Gasteiger partial charge in [-0.25, -0.2) is 13.2 Å². The predicted molar refractivity (Wildman–Crippen MR) is 141 cm³/mol. The number of thiophene rings is 1. The number of carbonyl (C=O) groups is 1. The minimum atomic E-state index is -3.56. The number of hydrogen-bond acceptors (Lipinski definition) is 7. The summed E-state index contributed by atoms with van der Waals surface area (Å²) in [4.78, 5) is 13.7. The maximum Gasteiger partial charge on any atom is 0.328 e. The number of sulfone groups is 1. The highest BCUT2D eigenvalue weighted by Crippen LogP contribution is 2.29. The first-order valence-electron chi connectivity index (χ1n) is 10.6. The van der Waals surface area contributed by atoms with E-state index in [1.165, 1.54) is 29.5 Å². The lowest BCUT2D eigenvalue weighted by atomic mass is 10.2. The Bertz CT molecular complexity index is 1520. The van der Waals surface area contributed by atoms with Crippen molar-refractivity contribution in [3.63, 3.8) is 0 Å². The van der Waals surface area contributed by atoms with Crippen molar-refractivity contribution in [3.8, 4) is 0 Å². The molecule has 0 aliphatic carbocycles. The molecule has 0 aliphatic heterocycles. The molecular weight excluding hydrogens is 482 g/mol. The predicted octanol–water partition coefficient (Wildman–Crippen LogP) is 6.45. The topological polar surface area (TPSA) is 99.4 Å². The number of carboxylic acid groups (broad SMARTS) is 1. The second kappa shape index (κ2) is 10.2. The summed E-state index contributed by atoms with van der Waals surface area (Å²) in [5.74, 6) is -1.15. The molecule has 7 nitrogen and oxygen atoms in total. The van der Waals surface area contributed by atoms with Gasteiger partial charge in [-0.1, -0.05) is 6.07 Å². The van der Waals surface area contributed by atoms with Crippen LogP contribution in [0.1, 0.15) is 10.4 Å². The van der Waals surface area contributed by atoms with Crippen LogP contribution in [0.3, 0.4) is 0 Å². The molecule has 4 rings (SSSR count). The second-order valence-electron chi connectivity index (χ2n) is 8.06.